The Balaban J connectivity index is 1.47. The second-order valence-corrected chi connectivity index (χ2v) is 7.43. The summed E-state index contributed by atoms with van der Waals surface area (Å²) in [7, 11) is 0. The molecular formula is C22H19N2O4-. The number of rotatable bonds is 3. The number of benzene rings is 2. The van der Waals surface area contributed by atoms with Crippen molar-refractivity contribution in [1.29, 1.82) is 0 Å². The van der Waals surface area contributed by atoms with E-state index in [4.69, 9.17) is 4.74 Å². The molecule has 1 amide bonds. The Morgan fingerprint density at radius 2 is 2.07 bits per heavy atom. The normalized spacial score (nSPS) is 23.3. The highest BCUT2D eigenvalue weighted by Gasteiger charge is 2.32. The second-order valence-electron chi connectivity index (χ2n) is 7.43. The third kappa shape index (κ3) is 2.68. The van der Waals surface area contributed by atoms with Gasteiger partial charge in [0, 0.05) is 35.0 Å². The zero-order valence-electron chi connectivity index (χ0n) is 15.2. The maximum atomic E-state index is 12.5. The van der Waals surface area contributed by atoms with E-state index in [0.29, 0.717) is 30.9 Å². The Kier molecular flexibility index (Phi) is 3.94. The molecule has 1 saturated heterocycles. The van der Waals surface area contributed by atoms with Gasteiger partial charge in [0.1, 0.15) is 12.4 Å². The van der Waals surface area contributed by atoms with Gasteiger partial charge in [0.25, 0.3) is 5.91 Å². The van der Waals surface area contributed by atoms with Crippen molar-refractivity contribution in [3.8, 4) is 0 Å². The van der Waals surface area contributed by atoms with Crippen LogP contribution >= 0.6 is 0 Å². The highest BCUT2D eigenvalue weighted by Crippen LogP contribution is 2.41. The Bertz CT molecular complexity index is 1030. The van der Waals surface area contributed by atoms with Crippen molar-refractivity contribution in [1.82, 2.24) is 4.90 Å². The zero-order chi connectivity index (χ0) is 19.3. The molecule has 1 atom stereocenters. The molecule has 5 rings (SSSR count). The standard InChI is InChI=1S/C22H20N2O4/c25-21-19(16-4-1-2-5-17(16)23-21)20-15-8-7-13(10-14(15)12-28-20)11-24-9-3-6-18(24)22(26)27/h1-2,4-5,7-8,10,18H,3,6,9,11-12H2,(H,23,25)(H,26,27)/p-1/b20-19+/t18-/m0/s1. The van der Waals surface area contributed by atoms with Gasteiger partial charge in [-0.05, 0) is 31.0 Å². The van der Waals surface area contributed by atoms with Gasteiger partial charge in [-0.3, -0.25) is 9.69 Å². The number of carboxylic acid groups (broad SMARTS) is 1. The van der Waals surface area contributed by atoms with Crippen LogP contribution in [-0.4, -0.2) is 29.4 Å². The molecular weight excluding hydrogens is 356 g/mol. The van der Waals surface area contributed by atoms with Crippen molar-refractivity contribution in [2.45, 2.75) is 32.0 Å². The van der Waals surface area contributed by atoms with Gasteiger partial charge in [0.05, 0.1) is 11.5 Å². The summed E-state index contributed by atoms with van der Waals surface area (Å²) in [5.41, 5.74) is 5.20. The van der Waals surface area contributed by atoms with Crippen LogP contribution in [-0.2, 0) is 27.5 Å². The van der Waals surface area contributed by atoms with Crippen molar-refractivity contribution in [2.75, 3.05) is 11.9 Å². The lowest BCUT2D eigenvalue weighted by molar-refractivity contribution is -0.311. The minimum atomic E-state index is -1.00. The summed E-state index contributed by atoms with van der Waals surface area (Å²) in [6, 6.07) is 13.1. The van der Waals surface area contributed by atoms with E-state index in [9.17, 15) is 14.7 Å². The summed E-state index contributed by atoms with van der Waals surface area (Å²) in [6.07, 6.45) is 1.51. The van der Waals surface area contributed by atoms with Crippen LogP contribution in [0.25, 0.3) is 11.3 Å². The number of amides is 1. The number of nitrogens with zero attached hydrogens (tertiary/aromatic N) is 1. The summed E-state index contributed by atoms with van der Waals surface area (Å²) < 4.78 is 5.92. The summed E-state index contributed by atoms with van der Waals surface area (Å²) >= 11 is 0. The number of likely N-dealkylation sites (tertiary alicyclic amines) is 1. The zero-order valence-corrected chi connectivity index (χ0v) is 15.2. The van der Waals surface area contributed by atoms with Crippen molar-refractivity contribution in [3.63, 3.8) is 0 Å². The number of hydrogen-bond acceptors (Lipinski definition) is 5. The van der Waals surface area contributed by atoms with Gasteiger partial charge in [-0.25, -0.2) is 0 Å². The molecule has 6 heteroatoms. The lowest BCUT2D eigenvalue weighted by Crippen LogP contribution is -2.43. The molecule has 3 aliphatic rings. The number of nitrogens with one attached hydrogen (secondary N) is 1. The van der Waals surface area contributed by atoms with Crippen LogP contribution in [0.3, 0.4) is 0 Å². The first-order valence-corrected chi connectivity index (χ1v) is 9.47. The fourth-order valence-corrected chi connectivity index (χ4v) is 4.38. The highest BCUT2D eigenvalue weighted by molar-refractivity contribution is 6.36. The van der Waals surface area contributed by atoms with Crippen LogP contribution in [0.2, 0.25) is 0 Å². The molecule has 0 bridgehead atoms. The predicted octanol–water partition coefficient (Wildman–Crippen LogP) is 1.75. The number of carboxylic acids is 1. The molecule has 142 valence electrons. The van der Waals surface area contributed by atoms with Gasteiger partial charge in [0.2, 0.25) is 0 Å². The maximum absolute atomic E-state index is 12.5. The predicted molar refractivity (Wildman–Crippen MR) is 102 cm³/mol. The Labute approximate surface area is 162 Å². The molecule has 3 heterocycles. The fraction of sp³-hybridized carbons (Fsp3) is 0.273. The molecule has 2 aromatic rings. The van der Waals surface area contributed by atoms with Gasteiger partial charge in [-0.15, -0.1) is 0 Å². The molecule has 0 aromatic heterocycles. The van der Waals surface area contributed by atoms with E-state index in [1.54, 1.807) is 0 Å². The molecule has 0 radical (unpaired) electrons. The van der Waals surface area contributed by atoms with E-state index in [0.717, 1.165) is 40.9 Å². The molecule has 0 spiro atoms. The Morgan fingerprint density at radius 3 is 2.93 bits per heavy atom. The first kappa shape index (κ1) is 17.0. The number of anilines is 1. The highest BCUT2D eigenvalue weighted by atomic mass is 16.5. The third-order valence-corrected chi connectivity index (χ3v) is 5.71. The Hall–Kier alpha value is -3.12. The summed E-state index contributed by atoms with van der Waals surface area (Å²) in [4.78, 5) is 25.8. The summed E-state index contributed by atoms with van der Waals surface area (Å²) in [5.74, 6) is -0.542. The smallest absolute Gasteiger partial charge is 0.260 e. The van der Waals surface area contributed by atoms with E-state index in [1.165, 1.54) is 0 Å². The van der Waals surface area contributed by atoms with Crippen molar-refractivity contribution < 1.29 is 19.4 Å². The van der Waals surface area contributed by atoms with Gasteiger partial charge >= 0.3 is 0 Å². The van der Waals surface area contributed by atoms with E-state index in [1.807, 2.05) is 47.4 Å². The monoisotopic (exact) mass is 375 g/mol. The van der Waals surface area contributed by atoms with Crippen LogP contribution < -0.4 is 10.4 Å². The minimum absolute atomic E-state index is 0.151. The first-order chi connectivity index (χ1) is 13.6. The molecule has 2 aromatic carbocycles. The third-order valence-electron chi connectivity index (χ3n) is 5.71. The summed E-state index contributed by atoms with van der Waals surface area (Å²) in [6.45, 7) is 1.74. The Morgan fingerprint density at radius 1 is 1.21 bits per heavy atom. The molecule has 6 nitrogen and oxygen atoms in total. The number of carbonyl (C=O) groups is 2. The topological polar surface area (TPSA) is 81.7 Å². The molecule has 28 heavy (non-hydrogen) atoms. The SMILES string of the molecule is O=C1Nc2ccccc2/C1=C1\OCc2cc(CN3CCC[C@H]3C(=O)[O-])ccc21. The molecule has 3 aliphatic heterocycles. The van der Waals surface area contributed by atoms with E-state index < -0.39 is 12.0 Å². The van der Waals surface area contributed by atoms with Crippen LogP contribution in [0.4, 0.5) is 5.69 Å². The number of carbonyl (C=O) groups excluding carboxylic acids is 2. The number of fused-ring (bicyclic) bond motifs is 2. The van der Waals surface area contributed by atoms with E-state index in [-0.39, 0.29) is 5.91 Å². The largest absolute Gasteiger partial charge is 0.548 e. The van der Waals surface area contributed by atoms with Crippen molar-refractivity contribution in [3.05, 3.63) is 64.7 Å². The lowest BCUT2D eigenvalue weighted by Gasteiger charge is -2.25. The number of hydrogen-bond donors (Lipinski definition) is 1. The molecule has 1 fully saturated rings. The van der Waals surface area contributed by atoms with E-state index in [2.05, 4.69) is 5.32 Å². The summed E-state index contributed by atoms with van der Waals surface area (Å²) in [5, 5.41) is 14.2. The lowest BCUT2D eigenvalue weighted by atomic mass is 9.99. The van der Waals surface area contributed by atoms with Crippen LogP contribution in [0.15, 0.2) is 42.5 Å². The molecule has 0 unspecified atom stereocenters. The fourth-order valence-electron chi connectivity index (χ4n) is 4.38. The number of ether oxygens (including phenoxy) is 1. The van der Waals surface area contributed by atoms with Crippen LogP contribution in [0.1, 0.15) is 35.1 Å². The van der Waals surface area contributed by atoms with Gasteiger partial charge in [0.15, 0.2) is 0 Å². The van der Waals surface area contributed by atoms with Crippen molar-refractivity contribution >= 4 is 28.9 Å². The molecule has 1 N–H and O–H groups in total. The maximum Gasteiger partial charge on any atom is 0.260 e. The number of para-hydroxylation sites is 1. The van der Waals surface area contributed by atoms with Gasteiger partial charge in [-0.1, -0.05) is 36.4 Å². The van der Waals surface area contributed by atoms with Crippen LogP contribution in [0, 0.1) is 0 Å². The van der Waals surface area contributed by atoms with Gasteiger partial charge < -0.3 is 20.0 Å². The van der Waals surface area contributed by atoms with Crippen LogP contribution in [0.5, 0.6) is 0 Å². The average molecular weight is 375 g/mol. The van der Waals surface area contributed by atoms with Crippen molar-refractivity contribution in [2.24, 2.45) is 0 Å². The van der Waals surface area contributed by atoms with E-state index >= 15 is 0 Å². The minimum Gasteiger partial charge on any atom is -0.548 e. The molecule has 0 saturated carbocycles. The quantitative estimate of drug-likeness (QED) is 0.827. The van der Waals surface area contributed by atoms with Gasteiger partial charge in [-0.2, -0.15) is 0 Å². The molecule has 0 aliphatic carbocycles. The average Bonchev–Trinajstić information content (AvgIpc) is 3.37. The first-order valence-electron chi connectivity index (χ1n) is 9.47. The number of aliphatic carboxylic acids is 1. The second kappa shape index (κ2) is 6.49.